The number of hydrazine groups is 1. The van der Waals surface area contributed by atoms with Crippen LogP contribution in [0.25, 0.3) is 0 Å². The third-order valence-electron chi connectivity index (χ3n) is 2.47. The second-order valence-corrected chi connectivity index (χ2v) is 3.52. The highest BCUT2D eigenvalue weighted by Gasteiger charge is 2.36. The van der Waals surface area contributed by atoms with Crippen molar-refractivity contribution in [1.29, 1.82) is 0 Å². The lowest BCUT2D eigenvalue weighted by Gasteiger charge is -2.50. The van der Waals surface area contributed by atoms with Gasteiger partial charge in [-0.15, -0.1) is 0 Å². The van der Waals surface area contributed by atoms with Gasteiger partial charge in [-0.3, -0.25) is 0 Å². The summed E-state index contributed by atoms with van der Waals surface area (Å²) < 4.78 is 0. The zero-order chi connectivity index (χ0) is 7.14. The van der Waals surface area contributed by atoms with Crippen LogP contribution in [-0.2, 0) is 0 Å². The summed E-state index contributed by atoms with van der Waals surface area (Å²) in [5.74, 6) is 0. The number of nitrogens with zero attached hydrogens (tertiary/aromatic N) is 2. The predicted molar refractivity (Wildman–Crippen MR) is 40.6 cm³/mol. The maximum Gasteiger partial charge on any atom is 0.0288 e. The standard InChI is InChI=1S/C7H15N3/c1-9(2)10-4-6-3-7(5-10)8-6/h6-8H,3-5H2,1-2H3. The van der Waals surface area contributed by atoms with Crippen molar-refractivity contribution < 1.29 is 0 Å². The summed E-state index contributed by atoms with van der Waals surface area (Å²) in [6.45, 7) is 2.40. The van der Waals surface area contributed by atoms with Crippen LogP contribution in [0.15, 0.2) is 0 Å². The van der Waals surface area contributed by atoms with Gasteiger partial charge in [0.15, 0.2) is 0 Å². The lowest BCUT2D eigenvalue weighted by Crippen LogP contribution is -2.68. The molecule has 58 valence electrons. The van der Waals surface area contributed by atoms with E-state index in [0.717, 1.165) is 12.1 Å². The molecule has 3 heterocycles. The van der Waals surface area contributed by atoms with Gasteiger partial charge in [0.2, 0.25) is 0 Å². The highest BCUT2D eigenvalue weighted by molar-refractivity contribution is 4.96. The Kier molecular flexibility index (Phi) is 1.44. The first-order valence-electron chi connectivity index (χ1n) is 3.94. The van der Waals surface area contributed by atoms with Gasteiger partial charge in [-0.2, -0.15) is 0 Å². The highest BCUT2D eigenvalue weighted by Crippen LogP contribution is 2.20. The fourth-order valence-electron chi connectivity index (χ4n) is 1.82. The van der Waals surface area contributed by atoms with E-state index in [4.69, 9.17) is 0 Å². The average Bonchev–Trinajstić information content (AvgIpc) is 1.86. The van der Waals surface area contributed by atoms with Crippen LogP contribution in [0.4, 0.5) is 0 Å². The molecule has 1 N–H and O–H groups in total. The van der Waals surface area contributed by atoms with Gasteiger partial charge in [-0.25, -0.2) is 10.0 Å². The van der Waals surface area contributed by atoms with Crippen molar-refractivity contribution in [2.75, 3.05) is 27.2 Å². The molecule has 3 heteroatoms. The fraction of sp³-hybridized carbons (Fsp3) is 1.00. The first kappa shape index (κ1) is 6.58. The number of hydrogen-bond donors (Lipinski definition) is 1. The lowest BCUT2D eigenvalue weighted by atomic mass is 9.92. The Morgan fingerprint density at radius 1 is 1.30 bits per heavy atom. The van der Waals surface area contributed by atoms with Gasteiger partial charge in [-0.1, -0.05) is 0 Å². The second kappa shape index (κ2) is 2.19. The Balaban J connectivity index is 1.91. The quantitative estimate of drug-likeness (QED) is 0.531. The molecule has 0 amide bonds. The van der Waals surface area contributed by atoms with Gasteiger partial charge in [0.25, 0.3) is 0 Å². The van der Waals surface area contributed by atoms with Gasteiger partial charge in [0.05, 0.1) is 0 Å². The first-order chi connectivity index (χ1) is 4.75. The summed E-state index contributed by atoms with van der Waals surface area (Å²) in [5, 5.41) is 8.09. The molecule has 3 fully saturated rings. The molecule has 0 spiro atoms. The van der Waals surface area contributed by atoms with Crippen LogP contribution in [0.3, 0.4) is 0 Å². The molecule has 2 atom stereocenters. The van der Waals surface area contributed by atoms with Gasteiger partial charge in [0, 0.05) is 39.3 Å². The van der Waals surface area contributed by atoms with Crippen molar-refractivity contribution in [3.05, 3.63) is 0 Å². The SMILES string of the molecule is CN(C)N1CC2CC(C1)N2. The summed E-state index contributed by atoms with van der Waals surface area (Å²) in [6.07, 6.45) is 1.39. The Bertz CT molecular complexity index is 119. The minimum absolute atomic E-state index is 0.779. The number of piperidine rings is 1. The molecule has 3 aliphatic heterocycles. The largest absolute Gasteiger partial charge is 0.308 e. The van der Waals surface area contributed by atoms with E-state index in [1.54, 1.807) is 0 Å². The molecule has 0 aromatic rings. The van der Waals surface area contributed by atoms with Crippen LogP contribution in [-0.4, -0.2) is 49.3 Å². The van der Waals surface area contributed by atoms with E-state index in [9.17, 15) is 0 Å². The van der Waals surface area contributed by atoms with Crippen LogP contribution in [0, 0.1) is 0 Å². The molecule has 0 aromatic carbocycles. The molecule has 2 unspecified atom stereocenters. The number of piperazine rings is 1. The van der Waals surface area contributed by atoms with Crippen molar-refractivity contribution >= 4 is 0 Å². The van der Waals surface area contributed by atoms with E-state index in [1.165, 1.54) is 19.5 Å². The molecule has 3 aliphatic rings. The second-order valence-electron chi connectivity index (χ2n) is 3.52. The van der Waals surface area contributed by atoms with Crippen LogP contribution in [0.2, 0.25) is 0 Å². The molecule has 3 rings (SSSR count). The van der Waals surface area contributed by atoms with Gasteiger partial charge in [-0.05, 0) is 6.42 Å². The number of nitrogens with one attached hydrogen (secondary N) is 1. The van der Waals surface area contributed by atoms with Crippen molar-refractivity contribution in [2.24, 2.45) is 0 Å². The summed E-state index contributed by atoms with van der Waals surface area (Å²) >= 11 is 0. The molecular weight excluding hydrogens is 126 g/mol. The van der Waals surface area contributed by atoms with Gasteiger partial charge in [0.1, 0.15) is 0 Å². The zero-order valence-corrected chi connectivity index (χ0v) is 6.67. The minimum atomic E-state index is 0.779. The maximum absolute atomic E-state index is 3.50. The highest BCUT2D eigenvalue weighted by atomic mass is 15.6. The molecule has 0 aromatic heterocycles. The molecule has 2 bridgehead atoms. The molecule has 10 heavy (non-hydrogen) atoms. The van der Waals surface area contributed by atoms with Gasteiger partial charge >= 0.3 is 0 Å². The van der Waals surface area contributed by atoms with Gasteiger partial charge < -0.3 is 5.32 Å². The third-order valence-corrected chi connectivity index (χ3v) is 2.47. The molecule has 3 nitrogen and oxygen atoms in total. The number of hydrogen-bond acceptors (Lipinski definition) is 3. The monoisotopic (exact) mass is 141 g/mol. The predicted octanol–water partition coefficient (Wildman–Crippen LogP) is -0.491. The Morgan fingerprint density at radius 2 is 1.80 bits per heavy atom. The number of rotatable bonds is 1. The summed E-state index contributed by atoms with van der Waals surface area (Å²) in [4.78, 5) is 0. The van der Waals surface area contributed by atoms with Crippen LogP contribution in [0.1, 0.15) is 6.42 Å². The van der Waals surface area contributed by atoms with Crippen LogP contribution < -0.4 is 5.32 Å². The molecule has 0 saturated carbocycles. The molecule has 3 saturated heterocycles. The minimum Gasteiger partial charge on any atom is -0.308 e. The van der Waals surface area contributed by atoms with E-state index < -0.39 is 0 Å². The summed E-state index contributed by atoms with van der Waals surface area (Å²) in [6, 6.07) is 1.56. The lowest BCUT2D eigenvalue weighted by molar-refractivity contribution is -0.0545. The van der Waals surface area contributed by atoms with E-state index in [2.05, 4.69) is 29.4 Å². The topological polar surface area (TPSA) is 18.5 Å². The van der Waals surface area contributed by atoms with E-state index in [1.807, 2.05) is 0 Å². The molecular formula is C7H15N3. The Morgan fingerprint density at radius 3 is 2.10 bits per heavy atom. The maximum atomic E-state index is 3.50. The van der Waals surface area contributed by atoms with E-state index in [-0.39, 0.29) is 0 Å². The van der Waals surface area contributed by atoms with Crippen molar-refractivity contribution in [3.63, 3.8) is 0 Å². The molecule has 0 aliphatic carbocycles. The van der Waals surface area contributed by atoms with Crippen molar-refractivity contribution in [1.82, 2.24) is 15.3 Å². The first-order valence-corrected chi connectivity index (χ1v) is 3.94. The fourth-order valence-corrected chi connectivity index (χ4v) is 1.82. The Labute approximate surface area is 62.0 Å². The smallest absolute Gasteiger partial charge is 0.0288 e. The average molecular weight is 141 g/mol. The van der Waals surface area contributed by atoms with E-state index in [0.29, 0.717) is 0 Å². The van der Waals surface area contributed by atoms with Crippen molar-refractivity contribution in [2.45, 2.75) is 18.5 Å². The Hall–Kier alpha value is -0.120. The third kappa shape index (κ3) is 0.944. The summed E-state index contributed by atoms with van der Waals surface area (Å²) in [5.41, 5.74) is 0. The molecule has 0 radical (unpaired) electrons. The van der Waals surface area contributed by atoms with Crippen molar-refractivity contribution in [3.8, 4) is 0 Å². The summed E-state index contributed by atoms with van der Waals surface area (Å²) in [7, 11) is 4.23. The van der Waals surface area contributed by atoms with E-state index >= 15 is 0 Å². The zero-order valence-electron chi connectivity index (χ0n) is 6.67. The number of fused-ring (bicyclic) bond motifs is 2. The van der Waals surface area contributed by atoms with Crippen LogP contribution >= 0.6 is 0 Å². The van der Waals surface area contributed by atoms with Crippen LogP contribution in [0.5, 0.6) is 0 Å². The normalized spacial score (nSPS) is 39.9.